The molecular weight excluding hydrogens is 438 g/mol. The molecule has 0 radical (unpaired) electrons. The summed E-state index contributed by atoms with van der Waals surface area (Å²) in [6, 6.07) is 23.5. The summed E-state index contributed by atoms with van der Waals surface area (Å²) in [6.07, 6.45) is 3.89. The molecule has 1 aromatic heterocycles. The van der Waals surface area contributed by atoms with E-state index in [2.05, 4.69) is 6.92 Å². The first-order chi connectivity index (χ1) is 17.0. The molecule has 0 fully saturated rings. The summed E-state index contributed by atoms with van der Waals surface area (Å²) in [7, 11) is 3.59. The molecule has 0 bridgehead atoms. The first-order valence-corrected chi connectivity index (χ1v) is 12.3. The van der Waals surface area contributed by atoms with Gasteiger partial charge in [0.1, 0.15) is 0 Å². The largest absolute Gasteiger partial charge is 0.383 e. The van der Waals surface area contributed by atoms with Gasteiger partial charge in [0.05, 0.1) is 25.6 Å². The average molecular weight is 476 g/mol. The second kappa shape index (κ2) is 13.5. The highest BCUT2D eigenvalue weighted by Crippen LogP contribution is 2.27. The number of carbonyl (C=O) groups is 2. The molecule has 0 unspecified atom stereocenters. The second-order valence-corrected chi connectivity index (χ2v) is 8.79. The summed E-state index contributed by atoms with van der Waals surface area (Å²) in [5.41, 5.74) is 2.88. The van der Waals surface area contributed by atoms with Crippen molar-refractivity contribution in [1.29, 1.82) is 0 Å². The van der Waals surface area contributed by atoms with Gasteiger partial charge in [-0.2, -0.15) is 0 Å². The van der Waals surface area contributed by atoms with Crippen LogP contribution in [0.2, 0.25) is 0 Å². The van der Waals surface area contributed by atoms with E-state index in [4.69, 9.17) is 4.74 Å². The summed E-state index contributed by atoms with van der Waals surface area (Å²) in [5.74, 6) is -0.634. The van der Waals surface area contributed by atoms with Crippen molar-refractivity contribution in [3.63, 3.8) is 0 Å². The topological polar surface area (TPSA) is 54.8 Å². The minimum absolute atomic E-state index is 0.0203. The maximum absolute atomic E-state index is 14.0. The molecule has 6 nitrogen and oxygen atoms in total. The van der Waals surface area contributed by atoms with Gasteiger partial charge in [0.25, 0.3) is 0 Å². The van der Waals surface area contributed by atoms with Crippen LogP contribution in [0.15, 0.2) is 79.0 Å². The molecule has 0 aliphatic carbocycles. The Hall–Kier alpha value is -3.38. The average Bonchev–Trinajstić information content (AvgIpc) is 3.29. The van der Waals surface area contributed by atoms with Gasteiger partial charge < -0.3 is 19.1 Å². The van der Waals surface area contributed by atoms with Crippen LogP contribution in [-0.4, -0.2) is 59.5 Å². The molecule has 0 saturated carbocycles. The number of benzene rings is 2. The number of rotatable bonds is 13. The Morgan fingerprint density at radius 3 is 2.03 bits per heavy atom. The zero-order valence-electron chi connectivity index (χ0n) is 21.1. The molecule has 0 spiro atoms. The SMILES string of the molecule is CCCCN(Cc1cccn1C)C(=O)CN(CCOC)C(=O)C(c1ccccc1)c1ccccc1. The van der Waals surface area contributed by atoms with Crippen molar-refractivity contribution in [2.24, 2.45) is 7.05 Å². The first-order valence-electron chi connectivity index (χ1n) is 12.3. The molecule has 3 rings (SSSR count). The van der Waals surface area contributed by atoms with E-state index in [-0.39, 0.29) is 18.4 Å². The fraction of sp³-hybridized carbons (Fsp3) is 0.379. The van der Waals surface area contributed by atoms with E-state index in [1.165, 1.54) is 0 Å². The highest BCUT2D eigenvalue weighted by molar-refractivity contribution is 5.91. The van der Waals surface area contributed by atoms with Crippen molar-refractivity contribution in [3.05, 3.63) is 95.8 Å². The number of ether oxygens (including phenoxy) is 1. The molecular formula is C29H37N3O3. The molecule has 0 aliphatic heterocycles. The van der Waals surface area contributed by atoms with E-state index in [0.717, 1.165) is 29.7 Å². The third-order valence-corrected chi connectivity index (χ3v) is 6.25. The van der Waals surface area contributed by atoms with Crippen LogP contribution in [0.5, 0.6) is 0 Å². The Labute approximate surface area is 209 Å². The molecule has 2 amide bonds. The Morgan fingerprint density at radius 1 is 0.886 bits per heavy atom. The van der Waals surface area contributed by atoms with Gasteiger partial charge in [0.2, 0.25) is 11.8 Å². The monoisotopic (exact) mass is 475 g/mol. The van der Waals surface area contributed by atoms with Crippen LogP contribution in [0.4, 0.5) is 0 Å². The third-order valence-electron chi connectivity index (χ3n) is 6.25. The van der Waals surface area contributed by atoms with Crippen LogP contribution < -0.4 is 0 Å². The van der Waals surface area contributed by atoms with Gasteiger partial charge in [-0.25, -0.2) is 0 Å². The van der Waals surface area contributed by atoms with Crippen LogP contribution in [0.3, 0.4) is 0 Å². The lowest BCUT2D eigenvalue weighted by Gasteiger charge is -2.30. The van der Waals surface area contributed by atoms with Gasteiger partial charge in [-0.1, -0.05) is 74.0 Å². The maximum atomic E-state index is 14.0. The Morgan fingerprint density at radius 2 is 1.51 bits per heavy atom. The number of aryl methyl sites for hydroxylation is 1. The van der Waals surface area contributed by atoms with Crippen LogP contribution in [0, 0.1) is 0 Å². The lowest BCUT2D eigenvalue weighted by atomic mass is 9.90. The number of aromatic nitrogens is 1. The zero-order valence-corrected chi connectivity index (χ0v) is 21.1. The Kier molecular flexibility index (Phi) is 10.1. The number of nitrogens with zero attached hydrogens (tertiary/aromatic N) is 3. The molecule has 2 aromatic carbocycles. The molecule has 0 N–H and O–H groups in total. The van der Waals surface area contributed by atoms with Gasteiger partial charge in [0, 0.05) is 39.1 Å². The van der Waals surface area contributed by atoms with Crippen LogP contribution in [0.25, 0.3) is 0 Å². The summed E-state index contributed by atoms with van der Waals surface area (Å²) >= 11 is 0. The molecule has 6 heteroatoms. The number of carbonyl (C=O) groups excluding carboxylic acids is 2. The predicted octanol–water partition coefficient (Wildman–Crippen LogP) is 4.46. The zero-order chi connectivity index (χ0) is 25.0. The van der Waals surface area contributed by atoms with Crippen molar-refractivity contribution in [3.8, 4) is 0 Å². The third kappa shape index (κ3) is 7.30. The van der Waals surface area contributed by atoms with Gasteiger partial charge in [-0.15, -0.1) is 0 Å². The Balaban J connectivity index is 1.87. The summed E-state index contributed by atoms with van der Waals surface area (Å²) in [4.78, 5) is 31.1. The standard InChI is InChI=1S/C29H37N3O3/c1-4-5-19-31(22-26-17-12-18-30(26)2)27(33)23-32(20-21-35-3)29(34)28(24-13-8-6-9-14-24)25-15-10-7-11-16-25/h6-18,28H,4-5,19-23H2,1-3H3. The normalized spacial score (nSPS) is 11.0. The molecule has 186 valence electrons. The van der Waals surface area contributed by atoms with Crippen molar-refractivity contribution in [1.82, 2.24) is 14.4 Å². The lowest BCUT2D eigenvalue weighted by Crippen LogP contribution is -2.46. The summed E-state index contributed by atoms with van der Waals surface area (Å²) < 4.78 is 7.33. The molecule has 0 saturated heterocycles. The van der Waals surface area contributed by atoms with Gasteiger partial charge in [-0.3, -0.25) is 9.59 Å². The quantitative estimate of drug-likeness (QED) is 0.367. The number of hydrogen-bond donors (Lipinski definition) is 0. The molecule has 35 heavy (non-hydrogen) atoms. The smallest absolute Gasteiger partial charge is 0.242 e. The minimum atomic E-state index is -0.487. The number of unbranched alkanes of at least 4 members (excludes halogenated alkanes) is 1. The first kappa shape index (κ1) is 26.2. The molecule has 0 atom stereocenters. The highest BCUT2D eigenvalue weighted by atomic mass is 16.5. The van der Waals surface area contributed by atoms with E-state index in [9.17, 15) is 9.59 Å². The van der Waals surface area contributed by atoms with Crippen LogP contribution in [0.1, 0.15) is 42.5 Å². The van der Waals surface area contributed by atoms with Gasteiger partial charge in [0.15, 0.2) is 0 Å². The van der Waals surface area contributed by atoms with Gasteiger partial charge in [-0.05, 0) is 29.7 Å². The minimum Gasteiger partial charge on any atom is -0.383 e. The number of amides is 2. The van der Waals surface area contributed by atoms with E-state index in [1.54, 1.807) is 12.0 Å². The van der Waals surface area contributed by atoms with Crippen LogP contribution >= 0.6 is 0 Å². The van der Waals surface area contributed by atoms with Crippen molar-refractivity contribution in [2.75, 3.05) is 33.4 Å². The Bertz CT molecular complexity index is 1010. The number of hydrogen-bond acceptors (Lipinski definition) is 3. The maximum Gasteiger partial charge on any atom is 0.242 e. The van der Waals surface area contributed by atoms with E-state index in [1.807, 2.05) is 95.5 Å². The van der Waals surface area contributed by atoms with Crippen molar-refractivity contribution < 1.29 is 14.3 Å². The summed E-state index contributed by atoms with van der Waals surface area (Å²) in [5, 5.41) is 0. The van der Waals surface area contributed by atoms with Crippen LogP contribution in [-0.2, 0) is 27.9 Å². The lowest BCUT2D eigenvalue weighted by molar-refractivity contribution is -0.141. The molecule has 3 aromatic rings. The molecule has 1 heterocycles. The fourth-order valence-corrected chi connectivity index (χ4v) is 4.18. The molecule has 0 aliphatic rings. The van der Waals surface area contributed by atoms with Gasteiger partial charge >= 0.3 is 0 Å². The van der Waals surface area contributed by atoms with Crippen molar-refractivity contribution >= 4 is 11.8 Å². The highest BCUT2D eigenvalue weighted by Gasteiger charge is 2.29. The van der Waals surface area contributed by atoms with E-state index in [0.29, 0.717) is 26.2 Å². The number of methoxy groups -OCH3 is 1. The van der Waals surface area contributed by atoms with Crippen molar-refractivity contribution in [2.45, 2.75) is 32.2 Å². The van der Waals surface area contributed by atoms with E-state index >= 15 is 0 Å². The second-order valence-electron chi connectivity index (χ2n) is 8.79. The fourth-order valence-electron chi connectivity index (χ4n) is 4.18. The van der Waals surface area contributed by atoms with E-state index < -0.39 is 5.92 Å². The summed E-state index contributed by atoms with van der Waals surface area (Å²) in [6.45, 7) is 4.03. The predicted molar refractivity (Wildman–Crippen MR) is 139 cm³/mol.